The molecule has 0 aliphatic carbocycles. The molecule has 0 fully saturated rings. The second-order valence-corrected chi connectivity index (χ2v) is 4.22. The van der Waals surface area contributed by atoms with Crippen LogP contribution in [0.3, 0.4) is 0 Å². The number of carbonyl (C=O) groups excluding carboxylic acids is 1. The van der Waals surface area contributed by atoms with Gasteiger partial charge in [-0.1, -0.05) is 17.7 Å². The Morgan fingerprint density at radius 1 is 1.47 bits per heavy atom. The molecule has 0 saturated heterocycles. The normalized spacial score (nSPS) is 10.5. The number of rotatable bonds is 4. The zero-order valence-electron chi connectivity index (χ0n) is 9.21. The van der Waals surface area contributed by atoms with E-state index in [4.69, 9.17) is 16.3 Å². The molecule has 0 heterocycles. The quantitative estimate of drug-likeness (QED) is 0.788. The molecule has 0 saturated carbocycles. The molecule has 0 spiro atoms. The van der Waals surface area contributed by atoms with Crippen LogP contribution in [0.1, 0.15) is 26.3 Å². The maximum absolute atomic E-state index is 11.0. The minimum atomic E-state index is 0.0788. The van der Waals surface area contributed by atoms with E-state index in [-0.39, 0.29) is 11.9 Å². The Balaban J connectivity index is 2.89. The Labute approximate surface area is 95.2 Å². The molecule has 0 N–H and O–H groups in total. The zero-order chi connectivity index (χ0) is 11.4. The van der Waals surface area contributed by atoms with Gasteiger partial charge in [0, 0.05) is 6.42 Å². The summed E-state index contributed by atoms with van der Waals surface area (Å²) in [6.45, 7) is 5.44. The highest BCUT2D eigenvalue weighted by Gasteiger charge is 2.06. The molecule has 1 aromatic carbocycles. The van der Waals surface area contributed by atoms with E-state index < -0.39 is 0 Å². The van der Waals surface area contributed by atoms with Gasteiger partial charge in [0.2, 0.25) is 0 Å². The van der Waals surface area contributed by atoms with E-state index >= 15 is 0 Å². The second kappa shape index (κ2) is 5.17. The summed E-state index contributed by atoms with van der Waals surface area (Å²) >= 11 is 5.97. The van der Waals surface area contributed by atoms with Crippen molar-refractivity contribution >= 4 is 17.4 Å². The average molecular weight is 227 g/mol. The van der Waals surface area contributed by atoms with Gasteiger partial charge in [0.1, 0.15) is 11.5 Å². The van der Waals surface area contributed by atoms with Crippen molar-refractivity contribution in [1.82, 2.24) is 0 Å². The third-order valence-electron chi connectivity index (χ3n) is 1.81. The Morgan fingerprint density at radius 2 is 2.13 bits per heavy atom. The fourth-order valence-electron chi connectivity index (χ4n) is 1.29. The summed E-state index contributed by atoms with van der Waals surface area (Å²) in [6, 6.07) is 5.43. The highest BCUT2D eigenvalue weighted by Crippen LogP contribution is 2.26. The van der Waals surface area contributed by atoms with Gasteiger partial charge in [-0.05, 0) is 38.5 Å². The molecule has 0 aliphatic heterocycles. The third kappa shape index (κ3) is 3.92. The van der Waals surface area contributed by atoms with Crippen LogP contribution in [-0.2, 0) is 11.2 Å². The van der Waals surface area contributed by atoms with Crippen molar-refractivity contribution in [2.75, 3.05) is 0 Å². The first kappa shape index (κ1) is 12.1. The average Bonchev–Trinajstić information content (AvgIpc) is 2.09. The van der Waals surface area contributed by atoms with Crippen molar-refractivity contribution in [3.8, 4) is 5.75 Å². The lowest BCUT2D eigenvalue weighted by Crippen LogP contribution is -2.06. The molecule has 3 heteroatoms. The van der Waals surface area contributed by atoms with Gasteiger partial charge in [-0.2, -0.15) is 0 Å². The molecular formula is C12H15ClO2. The topological polar surface area (TPSA) is 26.3 Å². The molecule has 0 unspecified atom stereocenters. The van der Waals surface area contributed by atoms with E-state index in [1.807, 2.05) is 26.0 Å². The standard InChI is InChI=1S/C12H15ClO2/c1-8(2)15-12-7-10(6-9(3)14)4-5-11(12)13/h4-5,7-8H,6H2,1-3H3. The molecule has 0 atom stereocenters. The maximum Gasteiger partial charge on any atom is 0.138 e. The molecule has 2 nitrogen and oxygen atoms in total. The van der Waals surface area contributed by atoms with Crippen LogP contribution < -0.4 is 4.74 Å². The molecule has 15 heavy (non-hydrogen) atoms. The van der Waals surface area contributed by atoms with Crippen LogP contribution in [0, 0.1) is 0 Å². The van der Waals surface area contributed by atoms with Gasteiger partial charge in [0.05, 0.1) is 11.1 Å². The Kier molecular flexibility index (Phi) is 4.15. The van der Waals surface area contributed by atoms with E-state index in [2.05, 4.69) is 0 Å². The lowest BCUT2D eigenvalue weighted by atomic mass is 10.1. The molecule has 1 aromatic rings. The van der Waals surface area contributed by atoms with E-state index in [1.54, 1.807) is 13.0 Å². The highest BCUT2D eigenvalue weighted by molar-refractivity contribution is 6.32. The van der Waals surface area contributed by atoms with Crippen molar-refractivity contribution in [3.05, 3.63) is 28.8 Å². The number of hydrogen-bond acceptors (Lipinski definition) is 2. The predicted molar refractivity (Wildman–Crippen MR) is 61.6 cm³/mol. The van der Waals surface area contributed by atoms with Crippen molar-refractivity contribution in [2.24, 2.45) is 0 Å². The number of hydrogen-bond donors (Lipinski definition) is 0. The van der Waals surface area contributed by atoms with Crippen LogP contribution >= 0.6 is 11.6 Å². The van der Waals surface area contributed by atoms with Crippen molar-refractivity contribution in [3.63, 3.8) is 0 Å². The molecule has 82 valence electrons. The van der Waals surface area contributed by atoms with E-state index in [0.29, 0.717) is 17.2 Å². The summed E-state index contributed by atoms with van der Waals surface area (Å²) in [7, 11) is 0. The SMILES string of the molecule is CC(=O)Cc1ccc(Cl)c(OC(C)C)c1. The Morgan fingerprint density at radius 3 is 2.67 bits per heavy atom. The number of ether oxygens (including phenoxy) is 1. The second-order valence-electron chi connectivity index (χ2n) is 3.81. The van der Waals surface area contributed by atoms with Gasteiger partial charge in [-0.25, -0.2) is 0 Å². The summed E-state index contributed by atoms with van der Waals surface area (Å²) in [4.78, 5) is 11.0. The molecular weight excluding hydrogens is 212 g/mol. The minimum absolute atomic E-state index is 0.0788. The largest absolute Gasteiger partial charge is 0.489 e. The zero-order valence-corrected chi connectivity index (χ0v) is 9.97. The number of carbonyl (C=O) groups is 1. The van der Waals surface area contributed by atoms with Crippen molar-refractivity contribution in [2.45, 2.75) is 33.3 Å². The van der Waals surface area contributed by atoms with Gasteiger partial charge < -0.3 is 4.74 Å². The predicted octanol–water partition coefficient (Wildman–Crippen LogP) is 3.26. The fourth-order valence-corrected chi connectivity index (χ4v) is 1.45. The van der Waals surface area contributed by atoms with E-state index in [9.17, 15) is 4.79 Å². The van der Waals surface area contributed by atoms with Gasteiger partial charge in [0.25, 0.3) is 0 Å². The summed E-state index contributed by atoms with van der Waals surface area (Å²) in [5.41, 5.74) is 0.933. The van der Waals surface area contributed by atoms with Crippen molar-refractivity contribution in [1.29, 1.82) is 0 Å². The number of benzene rings is 1. The molecule has 0 aliphatic rings. The first-order valence-electron chi connectivity index (χ1n) is 4.93. The lowest BCUT2D eigenvalue weighted by Gasteiger charge is -2.12. The number of halogens is 1. The summed E-state index contributed by atoms with van der Waals surface area (Å²) in [5.74, 6) is 0.776. The summed E-state index contributed by atoms with van der Waals surface area (Å²) in [6.07, 6.45) is 0.501. The summed E-state index contributed by atoms with van der Waals surface area (Å²) in [5, 5.41) is 0.580. The molecule has 0 aromatic heterocycles. The monoisotopic (exact) mass is 226 g/mol. The lowest BCUT2D eigenvalue weighted by molar-refractivity contribution is -0.116. The van der Waals surface area contributed by atoms with Crippen molar-refractivity contribution < 1.29 is 9.53 Å². The Bertz CT molecular complexity index is 359. The van der Waals surface area contributed by atoms with E-state index in [1.165, 1.54) is 0 Å². The van der Waals surface area contributed by atoms with Crippen LogP contribution in [0.25, 0.3) is 0 Å². The van der Waals surface area contributed by atoms with Gasteiger partial charge in [-0.15, -0.1) is 0 Å². The number of Topliss-reactive ketones (excluding diaryl/α,β-unsaturated/α-hetero) is 1. The fraction of sp³-hybridized carbons (Fsp3) is 0.417. The minimum Gasteiger partial charge on any atom is -0.489 e. The van der Waals surface area contributed by atoms with E-state index in [0.717, 1.165) is 5.56 Å². The molecule has 0 amide bonds. The third-order valence-corrected chi connectivity index (χ3v) is 2.12. The molecule has 0 bridgehead atoms. The first-order chi connectivity index (χ1) is 6.99. The van der Waals surface area contributed by atoms with Gasteiger partial charge in [-0.3, -0.25) is 4.79 Å². The van der Waals surface area contributed by atoms with Crippen LogP contribution in [0.15, 0.2) is 18.2 Å². The number of ketones is 1. The Hall–Kier alpha value is -1.02. The summed E-state index contributed by atoms with van der Waals surface area (Å²) < 4.78 is 5.52. The smallest absolute Gasteiger partial charge is 0.138 e. The van der Waals surface area contributed by atoms with Crippen LogP contribution in [0.2, 0.25) is 5.02 Å². The highest BCUT2D eigenvalue weighted by atomic mass is 35.5. The molecule has 0 radical (unpaired) electrons. The van der Waals surface area contributed by atoms with Crippen LogP contribution in [0.4, 0.5) is 0 Å². The van der Waals surface area contributed by atoms with Gasteiger partial charge >= 0.3 is 0 Å². The maximum atomic E-state index is 11.0. The molecule has 1 rings (SSSR count). The van der Waals surface area contributed by atoms with Gasteiger partial charge in [0.15, 0.2) is 0 Å². The van der Waals surface area contributed by atoms with Crippen LogP contribution in [-0.4, -0.2) is 11.9 Å². The van der Waals surface area contributed by atoms with Crippen LogP contribution in [0.5, 0.6) is 5.75 Å². The first-order valence-corrected chi connectivity index (χ1v) is 5.31.